The van der Waals surface area contributed by atoms with Crippen LogP contribution >= 0.6 is 0 Å². The largest absolute Gasteiger partial charge is 0.309 e. The molecule has 0 amide bonds. The minimum atomic E-state index is -4.83. The number of nitrogens with two attached hydrogens (primary N) is 2. The van der Waals surface area contributed by atoms with E-state index in [2.05, 4.69) is 10.2 Å². The van der Waals surface area contributed by atoms with E-state index in [-0.39, 0.29) is 23.2 Å². The van der Waals surface area contributed by atoms with Crippen molar-refractivity contribution in [3.05, 3.63) is 53.6 Å². The van der Waals surface area contributed by atoms with Gasteiger partial charge in [-0.2, -0.15) is 30.4 Å². The SMILES string of the molecule is NC1(N)CC=C(N=Nc2cc(S(=O)(=O)O)ccc2S(=O)(=O)O)c2ccc(S(=O)(=O)O)cc21. The normalized spacial score (nSPS) is 16.6. The van der Waals surface area contributed by atoms with Crippen molar-refractivity contribution in [1.82, 2.24) is 0 Å². The van der Waals surface area contributed by atoms with Gasteiger partial charge < -0.3 is 11.5 Å². The summed E-state index contributed by atoms with van der Waals surface area (Å²) in [5, 5.41) is 7.54. The molecule has 2 aromatic carbocycles. The Balaban J connectivity index is 2.15. The highest BCUT2D eigenvalue weighted by atomic mass is 32.2. The monoisotopic (exact) mass is 504 g/mol. The minimum absolute atomic E-state index is 0.0561. The van der Waals surface area contributed by atoms with E-state index in [0.717, 1.165) is 24.3 Å². The van der Waals surface area contributed by atoms with Crippen molar-refractivity contribution in [2.45, 2.75) is 26.8 Å². The molecule has 0 saturated heterocycles. The number of fused-ring (bicyclic) bond motifs is 1. The third kappa shape index (κ3) is 4.92. The molecule has 1 aliphatic rings. The first-order chi connectivity index (χ1) is 14.5. The lowest BCUT2D eigenvalue weighted by atomic mass is 9.86. The molecule has 0 atom stereocenters. The van der Waals surface area contributed by atoms with Gasteiger partial charge in [0.25, 0.3) is 30.4 Å². The van der Waals surface area contributed by atoms with Gasteiger partial charge in [-0.25, -0.2) is 0 Å². The smallest absolute Gasteiger partial charge is 0.296 e. The summed E-state index contributed by atoms with van der Waals surface area (Å²) >= 11 is 0. The van der Waals surface area contributed by atoms with Crippen molar-refractivity contribution >= 4 is 41.7 Å². The molecule has 0 spiro atoms. The topological polar surface area (TPSA) is 240 Å². The summed E-state index contributed by atoms with van der Waals surface area (Å²) in [4.78, 5) is -1.94. The molecule has 0 saturated carbocycles. The zero-order valence-electron chi connectivity index (χ0n) is 15.8. The Bertz CT molecular complexity index is 1490. The van der Waals surface area contributed by atoms with Crippen LogP contribution in [0.4, 0.5) is 5.69 Å². The Labute approximate surface area is 182 Å². The van der Waals surface area contributed by atoms with Crippen LogP contribution in [0.25, 0.3) is 5.70 Å². The van der Waals surface area contributed by atoms with Crippen molar-refractivity contribution in [2.75, 3.05) is 0 Å². The summed E-state index contributed by atoms with van der Waals surface area (Å²) in [5.74, 6) is 0. The molecule has 0 heterocycles. The van der Waals surface area contributed by atoms with Crippen LogP contribution in [-0.2, 0) is 36.0 Å². The maximum absolute atomic E-state index is 11.6. The second kappa shape index (κ2) is 7.78. The average Bonchev–Trinajstić information content (AvgIpc) is 2.65. The van der Waals surface area contributed by atoms with E-state index in [9.17, 15) is 38.9 Å². The van der Waals surface area contributed by atoms with Crippen molar-refractivity contribution < 1.29 is 38.9 Å². The molecule has 2 aromatic rings. The van der Waals surface area contributed by atoms with Crippen LogP contribution in [0.3, 0.4) is 0 Å². The molecule has 0 bridgehead atoms. The summed E-state index contributed by atoms with van der Waals surface area (Å²) in [7, 11) is -14.1. The molecule has 16 heteroatoms. The lowest BCUT2D eigenvalue weighted by Crippen LogP contribution is -2.47. The Kier molecular flexibility index (Phi) is 5.86. The van der Waals surface area contributed by atoms with E-state index in [1.54, 1.807) is 0 Å². The van der Waals surface area contributed by atoms with E-state index >= 15 is 0 Å². The van der Waals surface area contributed by atoms with E-state index in [4.69, 9.17) is 11.5 Å². The van der Waals surface area contributed by atoms with Gasteiger partial charge in [-0.3, -0.25) is 13.7 Å². The highest BCUT2D eigenvalue weighted by Gasteiger charge is 2.31. The fourth-order valence-electron chi connectivity index (χ4n) is 2.93. The van der Waals surface area contributed by atoms with Gasteiger partial charge in [0.15, 0.2) is 0 Å². The lowest BCUT2D eigenvalue weighted by Gasteiger charge is -2.30. The highest BCUT2D eigenvalue weighted by molar-refractivity contribution is 7.86. The fourth-order valence-corrected chi connectivity index (χ4v) is 4.55. The molecular weight excluding hydrogens is 488 g/mol. The predicted octanol–water partition coefficient (Wildman–Crippen LogP) is 1.03. The van der Waals surface area contributed by atoms with Crippen LogP contribution in [0.15, 0.2) is 67.4 Å². The van der Waals surface area contributed by atoms with Gasteiger partial charge in [0.2, 0.25) is 0 Å². The van der Waals surface area contributed by atoms with Crippen LogP contribution in [0.5, 0.6) is 0 Å². The van der Waals surface area contributed by atoms with Crippen LogP contribution in [-0.4, -0.2) is 38.9 Å². The highest BCUT2D eigenvalue weighted by Crippen LogP contribution is 2.36. The number of hydrogen-bond acceptors (Lipinski definition) is 10. The van der Waals surface area contributed by atoms with Gasteiger partial charge in [-0.1, -0.05) is 12.1 Å². The lowest BCUT2D eigenvalue weighted by molar-refractivity contribution is 0.461. The molecule has 172 valence electrons. The molecule has 0 unspecified atom stereocenters. The van der Waals surface area contributed by atoms with E-state index in [1.165, 1.54) is 12.1 Å². The van der Waals surface area contributed by atoms with Crippen LogP contribution < -0.4 is 11.5 Å². The maximum atomic E-state index is 11.6. The molecule has 1 aliphatic carbocycles. The fraction of sp³-hybridized carbons (Fsp3) is 0.125. The van der Waals surface area contributed by atoms with Gasteiger partial charge in [-0.15, -0.1) is 5.11 Å². The van der Waals surface area contributed by atoms with E-state index in [0.29, 0.717) is 6.07 Å². The molecular formula is C16H16N4O9S3. The first-order valence-corrected chi connectivity index (χ1v) is 12.7. The van der Waals surface area contributed by atoms with Gasteiger partial charge in [0.05, 0.1) is 21.2 Å². The average molecular weight is 505 g/mol. The first kappa shape index (κ1) is 24.1. The van der Waals surface area contributed by atoms with Gasteiger partial charge >= 0.3 is 0 Å². The number of benzene rings is 2. The molecule has 0 aromatic heterocycles. The van der Waals surface area contributed by atoms with Crippen LogP contribution in [0, 0.1) is 0 Å². The first-order valence-electron chi connectivity index (χ1n) is 8.41. The van der Waals surface area contributed by atoms with Gasteiger partial charge in [0.1, 0.15) is 10.6 Å². The maximum Gasteiger partial charge on any atom is 0.296 e. The van der Waals surface area contributed by atoms with E-state index in [1.807, 2.05) is 0 Å². The quantitative estimate of drug-likeness (QED) is 0.219. The molecule has 7 N–H and O–H groups in total. The molecule has 32 heavy (non-hydrogen) atoms. The molecule has 0 fully saturated rings. The Morgan fingerprint density at radius 1 is 0.781 bits per heavy atom. The summed E-state index contributed by atoms with van der Waals surface area (Å²) in [6.45, 7) is 0. The summed E-state index contributed by atoms with van der Waals surface area (Å²) < 4.78 is 96.6. The minimum Gasteiger partial charge on any atom is -0.309 e. The summed E-state index contributed by atoms with van der Waals surface area (Å²) in [5.41, 5.74) is 10.2. The van der Waals surface area contributed by atoms with Crippen LogP contribution in [0.2, 0.25) is 0 Å². The second-order valence-electron chi connectivity index (χ2n) is 6.80. The Morgan fingerprint density at radius 3 is 1.91 bits per heavy atom. The van der Waals surface area contributed by atoms with Crippen molar-refractivity contribution in [3.63, 3.8) is 0 Å². The Morgan fingerprint density at radius 2 is 1.34 bits per heavy atom. The molecule has 3 rings (SSSR count). The standard InChI is InChI=1S/C16H16N4O9S3/c17-16(18)6-5-13(11-3-1-9(7-12(11)16)30(21,22)23)19-20-14-8-10(31(24,25)26)2-4-15(14)32(27,28)29/h1-5,7-8H,6,17-18H2,(H,21,22,23)(H,24,25,26)(H,27,28,29). The zero-order chi connectivity index (χ0) is 24.1. The second-order valence-corrected chi connectivity index (χ2v) is 11.0. The zero-order valence-corrected chi connectivity index (χ0v) is 18.3. The van der Waals surface area contributed by atoms with Crippen LogP contribution in [0.1, 0.15) is 17.5 Å². The number of nitrogens with zero attached hydrogens (tertiary/aromatic N) is 2. The molecule has 13 nitrogen and oxygen atoms in total. The Hall–Kier alpha value is -2.57. The summed E-state index contributed by atoms with van der Waals surface area (Å²) in [6.07, 6.45) is 1.36. The number of azo groups is 1. The van der Waals surface area contributed by atoms with E-state index < -0.39 is 56.4 Å². The molecule has 0 radical (unpaired) electrons. The number of rotatable bonds is 5. The van der Waals surface area contributed by atoms with Gasteiger partial charge in [0, 0.05) is 12.0 Å². The summed E-state index contributed by atoms with van der Waals surface area (Å²) in [6, 6.07) is 5.51. The van der Waals surface area contributed by atoms with Crippen molar-refractivity contribution in [3.8, 4) is 0 Å². The van der Waals surface area contributed by atoms with Gasteiger partial charge in [-0.05, 0) is 35.9 Å². The van der Waals surface area contributed by atoms with Crippen molar-refractivity contribution in [1.29, 1.82) is 0 Å². The third-order valence-corrected chi connectivity index (χ3v) is 7.07. The van der Waals surface area contributed by atoms with Crippen molar-refractivity contribution in [2.24, 2.45) is 21.7 Å². The predicted molar refractivity (Wildman–Crippen MR) is 109 cm³/mol. The number of hydrogen-bond donors (Lipinski definition) is 5. The third-order valence-electron chi connectivity index (χ3n) is 4.47. The molecule has 0 aliphatic heterocycles.